The summed E-state index contributed by atoms with van der Waals surface area (Å²) in [6, 6.07) is 6.23. The highest BCUT2D eigenvalue weighted by Crippen LogP contribution is 2.46. The second-order valence-corrected chi connectivity index (χ2v) is 15.6. The monoisotopic (exact) mass is 709 g/mol. The van der Waals surface area contributed by atoms with Crippen LogP contribution >= 0.6 is 11.3 Å². The predicted molar refractivity (Wildman–Crippen MR) is 195 cm³/mol. The smallest absolute Gasteiger partial charge is 0.410 e. The summed E-state index contributed by atoms with van der Waals surface area (Å²) in [5, 5.41) is 14.3. The maximum absolute atomic E-state index is 13.7. The van der Waals surface area contributed by atoms with E-state index in [4.69, 9.17) is 30.8 Å². The Morgan fingerprint density at radius 3 is 2.58 bits per heavy atom. The molecule has 14 nitrogen and oxygen atoms in total. The number of aromatic nitrogens is 1. The van der Waals surface area contributed by atoms with Gasteiger partial charge in [0.15, 0.2) is 5.84 Å². The number of piperazine rings is 1. The summed E-state index contributed by atoms with van der Waals surface area (Å²) in [7, 11) is 1.72. The van der Waals surface area contributed by atoms with Crippen LogP contribution in [-0.2, 0) is 30.9 Å². The van der Waals surface area contributed by atoms with Crippen molar-refractivity contribution in [2.45, 2.75) is 77.4 Å². The molecule has 0 radical (unpaired) electrons. The van der Waals surface area contributed by atoms with E-state index >= 15 is 0 Å². The summed E-state index contributed by atoms with van der Waals surface area (Å²) < 4.78 is 10.9. The van der Waals surface area contributed by atoms with Crippen LogP contribution in [0.15, 0.2) is 17.3 Å². The highest BCUT2D eigenvalue weighted by molar-refractivity contribution is 7.16. The minimum Gasteiger partial charge on any atom is -0.444 e. The number of fused-ring (bicyclic) bond motifs is 1. The predicted octanol–water partition coefficient (Wildman–Crippen LogP) is 3.66. The van der Waals surface area contributed by atoms with Gasteiger partial charge in [0.05, 0.1) is 17.6 Å². The summed E-state index contributed by atoms with van der Waals surface area (Å²) in [6.07, 6.45) is 2.64. The number of amides is 1. The zero-order valence-electron chi connectivity index (χ0n) is 30.2. The molecule has 50 heavy (non-hydrogen) atoms. The van der Waals surface area contributed by atoms with Gasteiger partial charge in [0.2, 0.25) is 0 Å². The number of nitriles is 1. The molecule has 4 heterocycles. The Balaban J connectivity index is 1.41. The van der Waals surface area contributed by atoms with E-state index in [1.54, 1.807) is 18.9 Å². The zero-order valence-corrected chi connectivity index (χ0v) is 31.0. The third kappa shape index (κ3) is 8.25. The van der Waals surface area contributed by atoms with Gasteiger partial charge in [-0.3, -0.25) is 4.90 Å². The van der Waals surface area contributed by atoms with Crippen LogP contribution in [0.1, 0.15) is 75.6 Å². The van der Waals surface area contributed by atoms with Crippen molar-refractivity contribution in [3.05, 3.63) is 33.8 Å². The van der Waals surface area contributed by atoms with Crippen LogP contribution in [0.25, 0.3) is 0 Å². The molecular weight excluding hydrogens is 659 g/mol. The quantitative estimate of drug-likeness (QED) is 0.176. The van der Waals surface area contributed by atoms with E-state index < -0.39 is 17.0 Å². The summed E-state index contributed by atoms with van der Waals surface area (Å²) >= 11 is 1.35. The van der Waals surface area contributed by atoms with Gasteiger partial charge in [0.1, 0.15) is 28.2 Å². The summed E-state index contributed by atoms with van der Waals surface area (Å²) in [5.74, 6) is 0.111. The molecule has 2 saturated heterocycles. The van der Waals surface area contributed by atoms with Crippen LogP contribution in [0, 0.1) is 11.3 Å². The first-order valence-electron chi connectivity index (χ1n) is 17.3. The van der Waals surface area contributed by atoms with E-state index in [2.05, 4.69) is 38.9 Å². The molecule has 0 bridgehead atoms. The van der Waals surface area contributed by atoms with Gasteiger partial charge in [-0.1, -0.05) is 5.16 Å². The number of anilines is 3. The van der Waals surface area contributed by atoms with Crippen molar-refractivity contribution in [2.75, 3.05) is 81.6 Å². The van der Waals surface area contributed by atoms with Crippen molar-refractivity contribution in [3.8, 4) is 6.07 Å². The van der Waals surface area contributed by atoms with Gasteiger partial charge in [-0.25, -0.2) is 14.6 Å². The van der Waals surface area contributed by atoms with Gasteiger partial charge in [0, 0.05) is 81.2 Å². The Morgan fingerprint density at radius 2 is 1.90 bits per heavy atom. The number of ether oxygens (including phenoxy) is 2. The Labute approximate surface area is 298 Å². The highest BCUT2D eigenvalue weighted by Gasteiger charge is 2.45. The largest absolute Gasteiger partial charge is 0.444 e. The molecule has 2 aromatic heterocycles. The van der Waals surface area contributed by atoms with Crippen LogP contribution in [0.4, 0.5) is 21.3 Å². The number of nitrogens with zero attached hydrogens (tertiary/aromatic N) is 7. The fraction of sp³-hybridized carbons (Fsp3) is 0.629. The molecule has 15 heteroatoms. The molecule has 1 aliphatic carbocycles. The van der Waals surface area contributed by atoms with Crippen molar-refractivity contribution in [1.29, 1.82) is 5.26 Å². The standard InChI is InChI=1S/C35H51N9O5S/c1-23-22-41(17-18-47-6)11-8-12-44(23)28-20-24(42-13-15-43(16-14-42)33(46)48-34(2,3)4)19-26(39-28)30(37)40-49-32(45)35(5)10-7-9-27-29(35)25(21-36)31(38)50-27/h19-20,23H,7-18,22,38H2,1-6H3,(H2,37,40)/t23-,35-/m0/s1. The second-order valence-electron chi connectivity index (χ2n) is 14.5. The van der Waals surface area contributed by atoms with Crippen LogP contribution in [0.5, 0.6) is 0 Å². The van der Waals surface area contributed by atoms with E-state index in [9.17, 15) is 14.9 Å². The number of pyridine rings is 1. The van der Waals surface area contributed by atoms with E-state index in [0.717, 1.165) is 61.8 Å². The van der Waals surface area contributed by atoms with Crippen molar-refractivity contribution in [3.63, 3.8) is 0 Å². The van der Waals surface area contributed by atoms with Gasteiger partial charge in [-0.15, -0.1) is 11.3 Å². The number of hydrogen-bond acceptors (Lipinski definition) is 13. The summed E-state index contributed by atoms with van der Waals surface area (Å²) in [4.78, 5) is 46.4. The molecule has 3 aliphatic rings. The maximum Gasteiger partial charge on any atom is 0.410 e. The van der Waals surface area contributed by atoms with E-state index in [1.165, 1.54) is 11.3 Å². The van der Waals surface area contributed by atoms with E-state index in [1.807, 2.05) is 26.8 Å². The number of nitrogen functional groups attached to an aromatic ring is 1. The molecule has 272 valence electrons. The molecule has 1 amide bonds. The first kappa shape index (κ1) is 37.1. The second kappa shape index (κ2) is 15.4. The highest BCUT2D eigenvalue weighted by atomic mass is 32.1. The van der Waals surface area contributed by atoms with E-state index in [-0.39, 0.29) is 18.0 Å². The Bertz CT molecular complexity index is 1620. The number of hydrogen-bond donors (Lipinski definition) is 2. The van der Waals surface area contributed by atoms with Gasteiger partial charge >= 0.3 is 12.1 Å². The number of methoxy groups -OCH3 is 1. The Kier molecular flexibility index (Phi) is 11.4. The van der Waals surface area contributed by atoms with Crippen LogP contribution in [0.2, 0.25) is 0 Å². The minimum atomic E-state index is -1.08. The summed E-state index contributed by atoms with van der Waals surface area (Å²) in [6.45, 7) is 15.8. The number of amidine groups is 1. The Morgan fingerprint density at radius 1 is 1.16 bits per heavy atom. The topological polar surface area (TPSA) is 176 Å². The number of nitrogens with two attached hydrogens (primary N) is 2. The third-order valence-electron chi connectivity index (χ3n) is 9.62. The molecule has 0 aromatic carbocycles. The minimum absolute atomic E-state index is 0.0389. The normalized spacial score (nSPS) is 22.1. The van der Waals surface area contributed by atoms with Crippen LogP contribution in [0.3, 0.4) is 0 Å². The number of carbonyl (C=O) groups excluding carboxylic acids is 2. The van der Waals surface area contributed by atoms with Crippen molar-refractivity contribution >= 4 is 45.7 Å². The SMILES string of the molecule is COCCN1CCCN(c2cc(N3CCN(C(=O)OC(C)(C)C)CC3)cc(/C(N)=N/OC(=O)[C@@]3(C)CCCc4sc(N)c(C#N)c43)n2)[C@@H](C)C1. The number of rotatable bonds is 8. The number of oxime groups is 1. The third-order valence-corrected chi connectivity index (χ3v) is 10.7. The lowest BCUT2D eigenvalue weighted by molar-refractivity contribution is -0.150. The molecular formula is C35H51N9O5S. The fourth-order valence-corrected chi connectivity index (χ4v) is 8.18. The van der Waals surface area contributed by atoms with Gasteiger partial charge < -0.3 is 40.5 Å². The van der Waals surface area contributed by atoms with Gasteiger partial charge in [-0.05, 0) is 72.9 Å². The molecule has 0 spiro atoms. The molecule has 4 N–H and O–H groups in total. The number of thiophene rings is 1. The lowest BCUT2D eigenvalue weighted by Gasteiger charge is -2.37. The molecule has 2 atom stereocenters. The van der Waals surface area contributed by atoms with Gasteiger partial charge in [-0.2, -0.15) is 5.26 Å². The summed E-state index contributed by atoms with van der Waals surface area (Å²) in [5.41, 5.74) is 13.3. The first-order chi connectivity index (χ1) is 23.7. The van der Waals surface area contributed by atoms with Crippen molar-refractivity contribution in [1.82, 2.24) is 14.8 Å². The molecule has 0 saturated carbocycles. The van der Waals surface area contributed by atoms with Gasteiger partial charge in [0.25, 0.3) is 0 Å². The molecule has 2 aliphatic heterocycles. The molecule has 5 rings (SSSR count). The Hall–Kier alpha value is -4.13. The van der Waals surface area contributed by atoms with Crippen molar-refractivity contribution in [2.24, 2.45) is 10.9 Å². The first-order valence-corrected chi connectivity index (χ1v) is 18.2. The van der Waals surface area contributed by atoms with Crippen molar-refractivity contribution < 1.29 is 23.9 Å². The number of aryl methyl sites for hydroxylation is 1. The molecule has 2 aromatic rings. The maximum atomic E-state index is 13.7. The van der Waals surface area contributed by atoms with Crippen LogP contribution < -0.4 is 21.3 Å². The molecule has 0 unspecified atom stereocenters. The van der Waals surface area contributed by atoms with Crippen LogP contribution in [-0.4, -0.2) is 110 Å². The average Bonchev–Trinajstić information content (AvgIpc) is 3.30. The zero-order chi connectivity index (χ0) is 36.2. The average molecular weight is 710 g/mol. The lowest BCUT2D eigenvalue weighted by atomic mass is 9.72. The number of carbonyl (C=O) groups is 2. The lowest BCUT2D eigenvalue weighted by Crippen LogP contribution is -2.50. The molecule has 2 fully saturated rings. The van der Waals surface area contributed by atoms with E-state index in [0.29, 0.717) is 61.0 Å². The fourth-order valence-electron chi connectivity index (χ4n) is 6.99.